The van der Waals surface area contributed by atoms with Crippen LogP contribution in [-0.2, 0) is 6.54 Å². The second-order valence-corrected chi connectivity index (χ2v) is 3.81. The van der Waals surface area contributed by atoms with E-state index < -0.39 is 0 Å². The molecule has 0 aromatic carbocycles. The van der Waals surface area contributed by atoms with E-state index in [0.717, 1.165) is 38.5 Å². The Morgan fingerprint density at radius 1 is 1.29 bits per heavy atom. The zero-order valence-electron chi connectivity index (χ0n) is 8.73. The molecule has 0 unspecified atom stereocenters. The molecule has 0 N–H and O–H groups in total. The van der Waals surface area contributed by atoms with Crippen molar-refractivity contribution in [2.45, 2.75) is 13.5 Å². The standard InChI is InChI=1S/C9H16N4O/c1-8-10-9(11-14-8)7-13-5-3-12(2)4-6-13/h3-7H2,1-2H3. The molecule has 14 heavy (non-hydrogen) atoms. The molecule has 0 spiro atoms. The Morgan fingerprint density at radius 3 is 2.57 bits per heavy atom. The monoisotopic (exact) mass is 196 g/mol. The van der Waals surface area contributed by atoms with Gasteiger partial charge >= 0.3 is 0 Å². The van der Waals surface area contributed by atoms with Crippen molar-refractivity contribution >= 4 is 0 Å². The van der Waals surface area contributed by atoms with Gasteiger partial charge in [-0.1, -0.05) is 5.16 Å². The predicted molar refractivity (Wildman–Crippen MR) is 51.8 cm³/mol. The third kappa shape index (κ3) is 2.30. The van der Waals surface area contributed by atoms with Gasteiger partial charge in [0, 0.05) is 33.1 Å². The van der Waals surface area contributed by atoms with Crippen molar-refractivity contribution in [1.29, 1.82) is 0 Å². The molecule has 0 atom stereocenters. The number of hydrogen-bond donors (Lipinski definition) is 0. The molecule has 78 valence electrons. The molecule has 2 heterocycles. The van der Waals surface area contributed by atoms with Gasteiger partial charge in [0.2, 0.25) is 5.89 Å². The molecule has 5 heteroatoms. The fraction of sp³-hybridized carbons (Fsp3) is 0.778. The fourth-order valence-electron chi connectivity index (χ4n) is 1.61. The predicted octanol–water partition coefficient (Wildman–Crippen LogP) is 0.125. The first-order valence-electron chi connectivity index (χ1n) is 4.94. The average Bonchev–Trinajstić information content (AvgIpc) is 2.56. The van der Waals surface area contributed by atoms with Crippen LogP contribution < -0.4 is 0 Å². The van der Waals surface area contributed by atoms with Crippen molar-refractivity contribution in [2.75, 3.05) is 33.2 Å². The van der Waals surface area contributed by atoms with E-state index in [-0.39, 0.29) is 0 Å². The summed E-state index contributed by atoms with van der Waals surface area (Å²) in [6.07, 6.45) is 0. The summed E-state index contributed by atoms with van der Waals surface area (Å²) in [7, 11) is 2.15. The Hall–Kier alpha value is -0.940. The van der Waals surface area contributed by atoms with Crippen molar-refractivity contribution in [1.82, 2.24) is 19.9 Å². The molecule has 2 rings (SSSR count). The lowest BCUT2D eigenvalue weighted by Crippen LogP contribution is -2.44. The summed E-state index contributed by atoms with van der Waals surface area (Å²) in [5, 5.41) is 3.89. The highest BCUT2D eigenvalue weighted by Crippen LogP contribution is 2.04. The molecule has 0 saturated carbocycles. The van der Waals surface area contributed by atoms with Gasteiger partial charge in [-0.05, 0) is 7.05 Å². The van der Waals surface area contributed by atoms with Crippen LogP contribution in [0.4, 0.5) is 0 Å². The van der Waals surface area contributed by atoms with Crippen molar-refractivity contribution in [3.05, 3.63) is 11.7 Å². The molecule has 1 fully saturated rings. The molecular formula is C9H16N4O. The number of piperazine rings is 1. The van der Waals surface area contributed by atoms with E-state index in [4.69, 9.17) is 4.52 Å². The first-order valence-corrected chi connectivity index (χ1v) is 4.94. The number of aryl methyl sites for hydroxylation is 1. The quantitative estimate of drug-likeness (QED) is 0.672. The highest BCUT2D eigenvalue weighted by molar-refractivity contribution is 4.85. The summed E-state index contributed by atoms with van der Waals surface area (Å²) in [6.45, 7) is 7.05. The van der Waals surface area contributed by atoms with E-state index in [1.54, 1.807) is 0 Å². The van der Waals surface area contributed by atoms with Crippen LogP contribution in [0.25, 0.3) is 0 Å². The molecule has 1 saturated heterocycles. The van der Waals surface area contributed by atoms with Gasteiger partial charge in [-0.15, -0.1) is 0 Å². The van der Waals surface area contributed by atoms with E-state index in [1.807, 2.05) is 6.92 Å². The highest BCUT2D eigenvalue weighted by Gasteiger charge is 2.15. The fourth-order valence-corrected chi connectivity index (χ4v) is 1.61. The maximum atomic E-state index is 4.93. The van der Waals surface area contributed by atoms with Crippen LogP contribution in [0.15, 0.2) is 4.52 Å². The molecule has 1 aromatic heterocycles. The SMILES string of the molecule is Cc1nc(CN2CCN(C)CC2)no1. The van der Waals surface area contributed by atoms with Gasteiger partial charge in [0.15, 0.2) is 5.82 Å². The van der Waals surface area contributed by atoms with Crippen molar-refractivity contribution in [2.24, 2.45) is 0 Å². The summed E-state index contributed by atoms with van der Waals surface area (Å²) in [6, 6.07) is 0. The minimum Gasteiger partial charge on any atom is -0.340 e. The summed E-state index contributed by atoms with van der Waals surface area (Å²) >= 11 is 0. The van der Waals surface area contributed by atoms with Gasteiger partial charge in [0.05, 0.1) is 6.54 Å². The Morgan fingerprint density at radius 2 is 2.00 bits per heavy atom. The van der Waals surface area contributed by atoms with E-state index in [2.05, 4.69) is 27.0 Å². The molecule has 1 aromatic rings. The van der Waals surface area contributed by atoms with Gasteiger partial charge < -0.3 is 9.42 Å². The van der Waals surface area contributed by atoms with Crippen LogP contribution in [0.2, 0.25) is 0 Å². The number of likely N-dealkylation sites (N-methyl/N-ethyl adjacent to an activating group) is 1. The Bertz CT molecular complexity index is 291. The van der Waals surface area contributed by atoms with Crippen LogP contribution >= 0.6 is 0 Å². The summed E-state index contributed by atoms with van der Waals surface area (Å²) in [5.41, 5.74) is 0. The average molecular weight is 196 g/mol. The van der Waals surface area contributed by atoms with Gasteiger partial charge in [0.1, 0.15) is 0 Å². The lowest BCUT2D eigenvalue weighted by atomic mass is 10.3. The van der Waals surface area contributed by atoms with Crippen molar-refractivity contribution < 1.29 is 4.52 Å². The molecular weight excluding hydrogens is 180 g/mol. The minimum atomic E-state index is 0.647. The van der Waals surface area contributed by atoms with Crippen LogP contribution in [0.1, 0.15) is 11.7 Å². The minimum absolute atomic E-state index is 0.647. The molecule has 5 nitrogen and oxygen atoms in total. The number of hydrogen-bond acceptors (Lipinski definition) is 5. The second-order valence-electron chi connectivity index (χ2n) is 3.81. The summed E-state index contributed by atoms with van der Waals surface area (Å²) in [5.74, 6) is 1.45. The highest BCUT2D eigenvalue weighted by atomic mass is 16.5. The van der Waals surface area contributed by atoms with Crippen LogP contribution in [0.5, 0.6) is 0 Å². The molecule has 1 aliphatic rings. The number of nitrogens with zero attached hydrogens (tertiary/aromatic N) is 4. The first-order chi connectivity index (χ1) is 6.74. The van der Waals surface area contributed by atoms with Crippen LogP contribution in [0.3, 0.4) is 0 Å². The van der Waals surface area contributed by atoms with Gasteiger partial charge in [-0.25, -0.2) is 0 Å². The molecule has 0 aliphatic carbocycles. The Balaban J connectivity index is 1.86. The largest absolute Gasteiger partial charge is 0.340 e. The van der Waals surface area contributed by atoms with Gasteiger partial charge in [-0.2, -0.15) is 4.98 Å². The van der Waals surface area contributed by atoms with Gasteiger partial charge in [-0.3, -0.25) is 4.90 Å². The normalized spacial score (nSPS) is 20.1. The van der Waals surface area contributed by atoms with E-state index in [0.29, 0.717) is 5.89 Å². The third-order valence-electron chi connectivity index (χ3n) is 2.53. The number of aromatic nitrogens is 2. The number of rotatable bonds is 2. The topological polar surface area (TPSA) is 45.4 Å². The lowest BCUT2D eigenvalue weighted by Gasteiger charge is -2.31. The van der Waals surface area contributed by atoms with E-state index in [9.17, 15) is 0 Å². The lowest BCUT2D eigenvalue weighted by molar-refractivity contribution is 0.144. The van der Waals surface area contributed by atoms with Gasteiger partial charge in [0.25, 0.3) is 0 Å². The third-order valence-corrected chi connectivity index (χ3v) is 2.53. The zero-order chi connectivity index (χ0) is 9.97. The Labute approximate surface area is 83.7 Å². The molecule has 0 amide bonds. The molecule has 0 radical (unpaired) electrons. The van der Waals surface area contributed by atoms with E-state index >= 15 is 0 Å². The smallest absolute Gasteiger partial charge is 0.223 e. The van der Waals surface area contributed by atoms with Crippen molar-refractivity contribution in [3.8, 4) is 0 Å². The van der Waals surface area contributed by atoms with Crippen molar-refractivity contribution in [3.63, 3.8) is 0 Å². The van der Waals surface area contributed by atoms with E-state index in [1.165, 1.54) is 0 Å². The maximum Gasteiger partial charge on any atom is 0.223 e. The molecule has 0 bridgehead atoms. The molecule has 1 aliphatic heterocycles. The Kier molecular flexibility index (Phi) is 2.79. The van der Waals surface area contributed by atoms with Crippen LogP contribution in [0, 0.1) is 6.92 Å². The van der Waals surface area contributed by atoms with Crippen LogP contribution in [-0.4, -0.2) is 53.2 Å². The maximum absolute atomic E-state index is 4.93. The zero-order valence-corrected chi connectivity index (χ0v) is 8.73. The summed E-state index contributed by atoms with van der Waals surface area (Å²) < 4.78 is 4.93. The summed E-state index contributed by atoms with van der Waals surface area (Å²) in [4.78, 5) is 8.87. The second kappa shape index (κ2) is 4.06. The first kappa shape index (κ1) is 9.61.